The quantitative estimate of drug-likeness (QED) is 0.774. The third kappa shape index (κ3) is 2.07. The Morgan fingerprint density at radius 2 is 2.11 bits per heavy atom. The molecular weight excluding hydrogens is 256 g/mol. The molecule has 0 amide bonds. The van der Waals surface area contributed by atoms with Gasteiger partial charge in [0, 0.05) is 6.08 Å². The Morgan fingerprint density at radius 1 is 1.26 bits per heavy atom. The first-order valence-electron chi connectivity index (χ1n) is 6.03. The number of fused-ring (bicyclic) bond motifs is 1. The molecule has 0 unspecified atom stereocenters. The molecule has 0 aliphatic heterocycles. The molecule has 0 fully saturated rings. The minimum absolute atomic E-state index is 0.0531. The molecule has 0 spiro atoms. The highest BCUT2D eigenvalue weighted by Crippen LogP contribution is 2.38. The Labute approximate surface area is 115 Å². The summed E-state index contributed by atoms with van der Waals surface area (Å²) in [6.07, 6.45) is 4.96. The predicted octanol–water partition coefficient (Wildman–Crippen LogP) is 3.93. The Hall–Kier alpha value is -2.30. The van der Waals surface area contributed by atoms with Gasteiger partial charge in [-0.15, -0.1) is 11.3 Å². The van der Waals surface area contributed by atoms with Crippen LogP contribution in [0.1, 0.15) is 23.3 Å². The molecule has 0 atom stereocenters. The van der Waals surface area contributed by atoms with Gasteiger partial charge in [-0.05, 0) is 47.9 Å². The van der Waals surface area contributed by atoms with E-state index in [0.29, 0.717) is 5.76 Å². The van der Waals surface area contributed by atoms with Crippen LogP contribution in [0.4, 0.5) is 0 Å². The lowest BCUT2D eigenvalue weighted by Gasteiger charge is -1.96. The first-order valence-corrected chi connectivity index (χ1v) is 6.91. The normalized spacial score (nSPS) is 12.5. The molecule has 0 N–H and O–H groups in total. The molecule has 0 saturated carbocycles. The largest absolute Gasteiger partial charge is 0.456 e. The third-order valence-electron chi connectivity index (χ3n) is 3.23. The highest BCUT2D eigenvalue weighted by Gasteiger charge is 2.19. The van der Waals surface area contributed by atoms with Crippen LogP contribution in [-0.4, -0.2) is 0 Å². The predicted molar refractivity (Wildman–Crippen MR) is 73.2 cm³/mol. The van der Waals surface area contributed by atoms with E-state index in [-0.39, 0.29) is 5.57 Å². The van der Waals surface area contributed by atoms with E-state index < -0.39 is 0 Å². The van der Waals surface area contributed by atoms with Gasteiger partial charge >= 0.3 is 0 Å². The molecule has 3 nitrogen and oxygen atoms in total. The summed E-state index contributed by atoms with van der Waals surface area (Å²) in [5, 5.41) is 19.6. The molecule has 2 aromatic rings. The van der Waals surface area contributed by atoms with Crippen LogP contribution in [0.15, 0.2) is 27.5 Å². The second kappa shape index (κ2) is 4.76. The van der Waals surface area contributed by atoms with Gasteiger partial charge in [0.15, 0.2) is 0 Å². The summed E-state index contributed by atoms with van der Waals surface area (Å²) in [6, 6.07) is 7.36. The standard InChI is InChI=1S/C15H10N2OS/c16-7-10(8-17)6-12-4-5-14(18-12)15-13-3-1-2-11(13)9-19-15/h4-6,9H,1-3H2. The lowest BCUT2D eigenvalue weighted by atomic mass is 10.2. The van der Waals surface area contributed by atoms with E-state index in [1.807, 2.05) is 18.2 Å². The molecule has 19 heavy (non-hydrogen) atoms. The summed E-state index contributed by atoms with van der Waals surface area (Å²) < 4.78 is 5.72. The molecule has 0 aromatic carbocycles. The van der Waals surface area contributed by atoms with Crippen LogP contribution in [0.3, 0.4) is 0 Å². The molecule has 1 aliphatic rings. The van der Waals surface area contributed by atoms with Crippen molar-refractivity contribution in [2.75, 3.05) is 0 Å². The van der Waals surface area contributed by atoms with Gasteiger partial charge < -0.3 is 4.42 Å². The zero-order valence-corrected chi connectivity index (χ0v) is 11.0. The number of hydrogen-bond donors (Lipinski definition) is 0. The lowest BCUT2D eigenvalue weighted by molar-refractivity contribution is 0.572. The van der Waals surface area contributed by atoms with Gasteiger partial charge in [0.1, 0.15) is 29.2 Å². The molecule has 0 bridgehead atoms. The van der Waals surface area contributed by atoms with Crippen molar-refractivity contribution < 1.29 is 4.42 Å². The molecule has 2 aromatic heterocycles. The highest BCUT2D eigenvalue weighted by molar-refractivity contribution is 7.13. The summed E-state index contributed by atoms with van der Waals surface area (Å²) in [6.45, 7) is 0. The second-order valence-corrected chi connectivity index (χ2v) is 5.29. The van der Waals surface area contributed by atoms with Crippen LogP contribution in [-0.2, 0) is 12.8 Å². The molecule has 4 heteroatoms. The van der Waals surface area contributed by atoms with Gasteiger partial charge in [0.05, 0.1) is 4.88 Å². The number of allylic oxidation sites excluding steroid dienone is 1. The van der Waals surface area contributed by atoms with E-state index in [9.17, 15) is 0 Å². The maximum absolute atomic E-state index is 8.72. The second-order valence-electron chi connectivity index (χ2n) is 4.41. The van der Waals surface area contributed by atoms with Crippen LogP contribution in [0.25, 0.3) is 16.7 Å². The van der Waals surface area contributed by atoms with E-state index >= 15 is 0 Å². The van der Waals surface area contributed by atoms with E-state index in [4.69, 9.17) is 14.9 Å². The average molecular weight is 266 g/mol. The fourth-order valence-corrected chi connectivity index (χ4v) is 3.47. The number of aryl methyl sites for hydroxylation is 1. The lowest BCUT2D eigenvalue weighted by Crippen LogP contribution is -1.77. The third-order valence-corrected chi connectivity index (χ3v) is 4.32. The van der Waals surface area contributed by atoms with Gasteiger partial charge in [-0.1, -0.05) is 0 Å². The molecule has 1 aliphatic carbocycles. The van der Waals surface area contributed by atoms with E-state index in [1.54, 1.807) is 17.4 Å². The molecule has 3 rings (SSSR count). The Morgan fingerprint density at radius 3 is 2.89 bits per heavy atom. The number of nitrogens with zero attached hydrogens (tertiary/aromatic N) is 2. The Balaban J connectivity index is 1.96. The van der Waals surface area contributed by atoms with Crippen LogP contribution in [0, 0.1) is 22.7 Å². The van der Waals surface area contributed by atoms with Gasteiger partial charge in [0.25, 0.3) is 0 Å². The van der Waals surface area contributed by atoms with Gasteiger partial charge in [0.2, 0.25) is 0 Å². The van der Waals surface area contributed by atoms with Crippen molar-refractivity contribution in [3.63, 3.8) is 0 Å². The topological polar surface area (TPSA) is 60.7 Å². The Kier molecular flexibility index (Phi) is 2.95. The molecule has 0 saturated heterocycles. The Bertz CT molecular complexity index is 721. The van der Waals surface area contributed by atoms with Crippen molar-refractivity contribution in [2.24, 2.45) is 0 Å². The van der Waals surface area contributed by atoms with Crippen molar-refractivity contribution >= 4 is 17.4 Å². The maximum Gasteiger partial charge on any atom is 0.145 e. The first-order chi connectivity index (χ1) is 9.31. The monoisotopic (exact) mass is 266 g/mol. The zero-order chi connectivity index (χ0) is 13.2. The van der Waals surface area contributed by atoms with Crippen molar-refractivity contribution in [1.29, 1.82) is 10.5 Å². The molecule has 0 radical (unpaired) electrons. The van der Waals surface area contributed by atoms with Crippen LogP contribution < -0.4 is 0 Å². The number of rotatable bonds is 2. The van der Waals surface area contributed by atoms with Gasteiger partial charge in [-0.2, -0.15) is 10.5 Å². The van der Waals surface area contributed by atoms with E-state index in [0.717, 1.165) is 18.6 Å². The highest BCUT2D eigenvalue weighted by atomic mass is 32.1. The number of furan rings is 1. The minimum Gasteiger partial charge on any atom is -0.456 e. The van der Waals surface area contributed by atoms with Crippen LogP contribution >= 0.6 is 11.3 Å². The summed E-state index contributed by atoms with van der Waals surface area (Å²) in [7, 11) is 0. The summed E-state index contributed by atoms with van der Waals surface area (Å²) >= 11 is 1.70. The maximum atomic E-state index is 8.72. The number of nitriles is 2. The average Bonchev–Trinajstić information content (AvgIpc) is 3.11. The number of hydrogen-bond acceptors (Lipinski definition) is 4. The van der Waals surface area contributed by atoms with Crippen molar-refractivity contribution in [3.8, 4) is 22.8 Å². The molecule has 2 heterocycles. The van der Waals surface area contributed by atoms with Crippen molar-refractivity contribution in [3.05, 3.63) is 40.0 Å². The summed E-state index contributed by atoms with van der Waals surface area (Å²) in [5.74, 6) is 1.38. The number of thiophene rings is 1. The van der Waals surface area contributed by atoms with Crippen molar-refractivity contribution in [1.82, 2.24) is 0 Å². The van der Waals surface area contributed by atoms with Crippen LogP contribution in [0.5, 0.6) is 0 Å². The fourth-order valence-electron chi connectivity index (χ4n) is 2.35. The molecule has 92 valence electrons. The van der Waals surface area contributed by atoms with Gasteiger partial charge in [-0.25, -0.2) is 0 Å². The SMILES string of the molecule is N#CC(C#N)=Cc1ccc(-c2scc3c2CCC3)o1. The summed E-state index contributed by atoms with van der Waals surface area (Å²) in [5.41, 5.74) is 2.89. The fraction of sp³-hybridized carbons (Fsp3) is 0.200. The zero-order valence-electron chi connectivity index (χ0n) is 10.1. The minimum atomic E-state index is 0.0531. The van der Waals surface area contributed by atoms with Gasteiger partial charge in [-0.3, -0.25) is 0 Å². The summed E-state index contributed by atoms with van der Waals surface area (Å²) in [4.78, 5) is 1.18. The van der Waals surface area contributed by atoms with Crippen molar-refractivity contribution in [2.45, 2.75) is 19.3 Å². The van der Waals surface area contributed by atoms with E-state index in [2.05, 4.69) is 5.38 Å². The van der Waals surface area contributed by atoms with E-state index in [1.165, 1.54) is 28.5 Å². The molecular formula is C15H10N2OS. The first kappa shape index (κ1) is 11.8. The van der Waals surface area contributed by atoms with Crippen LogP contribution in [0.2, 0.25) is 0 Å². The smallest absolute Gasteiger partial charge is 0.145 e.